The molecule has 0 spiro atoms. The Hall–Kier alpha value is -3.33. The Morgan fingerprint density at radius 3 is 2.11 bits per heavy atom. The largest absolute Gasteiger partial charge is 0.493 e. The van der Waals surface area contributed by atoms with E-state index < -0.39 is 11.8 Å². The Morgan fingerprint density at radius 1 is 0.857 bits per heavy atom. The van der Waals surface area contributed by atoms with Crippen LogP contribution < -0.4 is 30.4 Å². The number of hydrazine groups is 1. The van der Waals surface area contributed by atoms with Crippen molar-refractivity contribution in [1.29, 1.82) is 0 Å². The Bertz CT molecular complexity index is 844. The number of carbonyl (C=O) groups is 2. The highest BCUT2D eigenvalue weighted by Crippen LogP contribution is 2.25. The zero-order valence-corrected chi connectivity index (χ0v) is 16.3. The topological polar surface area (TPSA) is 97.9 Å². The maximum absolute atomic E-state index is 11.9. The summed E-state index contributed by atoms with van der Waals surface area (Å²) in [7, 11) is 1.51. The van der Waals surface area contributed by atoms with E-state index in [4.69, 9.17) is 26.4 Å². The molecular weight excluding hydrogens is 382 g/mol. The first-order valence-corrected chi connectivity index (χ1v) is 8.73. The van der Waals surface area contributed by atoms with Crippen molar-refractivity contribution in [3.05, 3.63) is 54.1 Å². The summed E-state index contributed by atoms with van der Waals surface area (Å²) in [4.78, 5) is 23.7. The summed E-state index contributed by atoms with van der Waals surface area (Å²) in [6.45, 7) is 1.40. The Kier molecular flexibility index (Phi) is 8.04. The van der Waals surface area contributed by atoms with E-state index in [-0.39, 0.29) is 18.3 Å². The predicted molar refractivity (Wildman–Crippen MR) is 107 cm³/mol. The fourth-order valence-electron chi connectivity index (χ4n) is 2.10. The van der Waals surface area contributed by atoms with E-state index in [0.29, 0.717) is 17.2 Å². The van der Waals surface area contributed by atoms with Crippen LogP contribution in [0.2, 0.25) is 0 Å². The lowest BCUT2D eigenvalue weighted by Crippen LogP contribution is -2.50. The van der Waals surface area contributed by atoms with Crippen LogP contribution in [-0.4, -0.2) is 37.3 Å². The van der Waals surface area contributed by atoms with Crippen LogP contribution in [0, 0.1) is 6.92 Å². The molecule has 3 N–H and O–H groups in total. The van der Waals surface area contributed by atoms with Crippen LogP contribution in [0.25, 0.3) is 0 Å². The molecule has 0 unspecified atom stereocenters. The van der Waals surface area contributed by atoms with E-state index in [1.54, 1.807) is 30.3 Å². The molecule has 2 amide bonds. The quantitative estimate of drug-likeness (QED) is 0.476. The van der Waals surface area contributed by atoms with Gasteiger partial charge in [-0.15, -0.1) is 0 Å². The lowest BCUT2D eigenvalue weighted by Gasteiger charge is -2.13. The molecule has 2 rings (SSSR count). The first-order valence-electron chi connectivity index (χ1n) is 8.32. The normalized spacial score (nSPS) is 9.79. The minimum atomic E-state index is -0.492. The molecule has 2 aromatic carbocycles. The van der Waals surface area contributed by atoms with Crippen molar-refractivity contribution < 1.29 is 23.8 Å². The van der Waals surface area contributed by atoms with Gasteiger partial charge in [-0.2, -0.15) is 0 Å². The second kappa shape index (κ2) is 10.7. The van der Waals surface area contributed by atoms with Crippen molar-refractivity contribution in [2.45, 2.75) is 6.92 Å². The van der Waals surface area contributed by atoms with Crippen molar-refractivity contribution in [1.82, 2.24) is 16.2 Å². The van der Waals surface area contributed by atoms with E-state index in [1.807, 2.05) is 25.1 Å². The smallest absolute Gasteiger partial charge is 0.276 e. The van der Waals surface area contributed by atoms with Gasteiger partial charge in [0.15, 0.2) is 29.8 Å². The average Bonchev–Trinajstić information content (AvgIpc) is 2.70. The van der Waals surface area contributed by atoms with Gasteiger partial charge in [0.2, 0.25) is 0 Å². The molecule has 0 saturated carbocycles. The number of nitrogens with one attached hydrogen (secondary N) is 3. The third kappa shape index (κ3) is 6.76. The van der Waals surface area contributed by atoms with E-state index in [1.165, 1.54) is 7.11 Å². The zero-order chi connectivity index (χ0) is 20.4. The standard InChI is InChI=1S/C19H21N3O5S/c1-13-7-3-4-8-14(13)26-12-18(24)21-22-19(28)20-17(23)11-27-16-10-6-5-9-15(16)25-2/h3-10H,11-12H2,1-2H3,(H,21,24)(H2,20,22,23,28). The molecule has 0 heterocycles. The summed E-state index contributed by atoms with van der Waals surface area (Å²) >= 11 is 4.95. The number of para-hydroxylation sites is 3. The van der Waals surface area contributed by atoms with Gasteiger partial charge in [-0.1, -0.05) is 30.3 Å². The Morgan fingerprint density at radius 2 is 1.43 bits per heavy atom. The van der Waals surface area contributed by atoms with Gasteiger partial charge in [0.25, 0.3) is 11.8 Å². The van der Waals surface area contributed by atoms with Crippen molar-refractivity contribution in [3.8, 4) is 17.2 Å². The third-order valence-electron chi connectivity index (χ3n) is 3.45. The highest BCUT2D eigenvalue weighted by Gasteiger charge is 2.10. The predicted octanol–water partition coefficient (Wildman–Crippen LogP) is 1.48. The van der Waals surface area contributed by atoms with E-state index in [9.17, 15) is 9.59 Å². The van der Waals surface area contributed by atoms with Crippen LogP contribution in [0.3, 0.4) is 0 Å². The highest BCUT2D eigenvalue weighted by atomic mass is 32.1. The number of ether oxygens (including phenoxy) is 3. The maximum Gasteiger partial charge on any atom is 0.276 e. The van der Waals surface area contributed by atoms with Gasteiger partial charge in [0.05, 0.1) is 7.11 Å². The molecule has 28 heavy (non-hydrogen) atoms. The molecular formula is C19H21N3O5S. The summed E-state index contributed by atoms with van der Waals surface area (Å²) in [6.07, 6.45) is 0. The molecule has 0 radical (unpaired) electrons. The number of hydrogen-bond acceptors (Lipinski definition) is 6. The lowest BCUT2D eigenvalue weighted by molar-refractivity contribution is -0.124. The summed E-state index contributed by atoms with van der Waals surface area (Å²) in [6, 6.07) is 14.3. The monoisotopic (exact) mass is 403 g/mol. The van der Waals surface area contributed by atoms with Gasteiger partial charge in [0.1, 0.15) is 5.75 Å². The molecule has 2 aromatic rings. The minimum Gasteiger partial charge on any atom is -0.493 e. The van der Waals surface area contributed by atoms with Gasteiger partial charge in [-0.25, -0.2) is 0 Å². The number of aryl methyl sites for hydroxylation is 1. The van der Waals surface area contributed by atoms with Gasteiger partial charge < -0.3 is 14.2 Å². The highest BCUT2D eigenvalue weighted by molar-refractivity contribution is 7.80. The second-order valence-corrected chi connectivity index (χ2v) is 5.95. The number of thiocarbonyl (C=S) groups is 1. The van der Waals surface area contributed by atoms with Crippen LogP contribution in [0.1, 0.15) is 5.56 Å². The van der Waals surface area contributed by atoms with Crippen molar-refractivity contribution in [2.75, 3.05) is 20.3 Å². The Balaban J connectivity index is 1.68. The number of methoxy groups -OCH3 is 1. The van der Waals surface area contributed by atoms with Crippen LogP contribution >= 0.6 is 12.2 Å². The van der Waals surface area contributed by atoms with Gasteiger partial charge in [-0.3, -0.25) is 25.8 Å². The molecule has 148 valence electrons. The molecule has 0 aliphatic carbocycles. The molecule has 0 saturated heterocycles. The fourth-order valence-corrected chi connectivity index (χ4v) is 2.26. The van der Waals surface area contributed by atoms with E-state index >= 15 is 0 Å². The van der Waals surface area contributed by atoms with Crippen LogP contribution in [0.4, 0.5) is 0 Å². The van der Waals surface area contributed by atoms with Crippen LogP contribution in [0.5, 0.6) is 17.2 Å². The second-order valence-electron chi connectivity index (χ2n) is 5.54. The summed E-state index contributed by atoms with van der Waals surface area (Å²) in [5.41, 5.74) is 5.68. The fraction of sp³-hybridized carbons (Fsp3) is 0.211. The molecule has 0 aliphatic heterocycles. The summed E-state index contributed by atoms with van der Waals surface area (Å²) < 4.78 is 15.9. The maximum atomic E-state index is 11.9. The van der Waals surface area contributed by atoms with Crippen molar-refractivity contribution in [2.24, 2.45) is 0 Å². The zero-order valence-electron chi connectivity index (χ0n) is 15.5. The number of amides is 2. The molecule has 9 heteroatoms. The van der Waals surface area contributed by atoms with Gasteiger partial charge >= 0.3 is 0 Å². The number of rotatable bonds is 7. The van der Waals surface area contributed by atoms with Crippen LogP contribution in [0.15, 0.2) is 48.5 Å². The van der Waals surface area contributed by atoms with Crippen LogP contribution in [-0.2, 0) is 9.59 Å². The minimum absolute atomic E-state index is 0.0714. The number of hydrogen-bond donors (Lipinski definition) is 3. The van der Waals surface area contributed by atoms with E-state index in [2.05, 4.69) is 16.2 Å². The third-order valence-corrected chi connectivity index (χ3v) is 3.65. The Labute approximate surface area is 168 Å². The first kappa shape index (κ1) is 21.0. The summed E-state index contributed by atoms with van der Waals surface area (Å²) in [5, 5.41) is 2.31. The number of benzene rings is 2. The average molecular weight is 403 g/mol. The molecule has 0 fully saturated rings. The first-order chi connectivity index (χ1) is 13.5. The summed E-state index contributed by atoms with van der Waals surface area (Å²) in [5.74, 6) is 0.610. The number of carbonyl (C=O) groups excluding carboxylic acids is 2. The van der Waals surface area contributed by atoms with Gasteiger partial charge in [0, 0.05) is 0 Å². The molecule has 8 nitrogen and oxygen atoms in total. The molecule has 0 aromatic heterocycles. The van der Waals surface area contributed by atoms with Gasteiger partial charge in [-0.05, 0) is 42.9 Å². The van der Waals surface area contributed by atoms with Crippen molar-refractivity contribution >= 4 is 29.1 Å². The van der Waals surface area contributed by atoms with E-state index in [0.717, 1.165) is 5.56 Å². The molecule has 0 aliphatic rings. The molecule has 0 atom stereocenters. The van der Waals surface area contributed by atoms with Crippen molar-refractivity contribution in [3.63, 3.8) is 0 Å². The molecule has 0 bridgehead atoms. The lowest BCUT2D eigenvalue weighted by atomic mass is 10.2. The SMILES string of the molecule is COc1ccccc1OCC(=O)NC(=S)NNC(=O)COc1ccccc1C.